The highest BCUT2D eigenvalue weighted by molar-refractivity contribution is 5.15. The molecule has 18 heavy (non-hydrogen) atoms. The minimum absolute atomic E-state index is 0.263. The molecule has 1 N–H and O–H groups in total. The lowest BCUT2D eigenvalue weighted by atomic mass is 9.78. The number of nitrogens with one attached hydrogen (secondary N) is 1. The van der Waals surface area contributed by atoms with Gasteiger partial charge in [-0.05, 0) is 39.8 Å². The highest BCUT2D eigenvalue weighted by Gasteiger charge is 2.31. The molecule has 0 unspecified atom stereocenters. The molecule has 4 nitrogen and oxygen atoms in total. The molecule has 1 aromatic rings. The summed E-state index contributed by atoms with van der Waals surface area (Å²) in [5, 5.41) is 3.43. The topological polar surface area (TPSA) is 39.1 Å². The van der Waals surface area contributed by atoms with Crippen molar-refractivity contribution in [2.75, 3.05) is 19.7 Å². The smallest absolute Gasteiger partial charge is 0.0949 e. The van der Waals surface area contributed by atoms with Crippen LogP contribution in [0, 0.1) is 0 Å². The molecule has 2 rings (SSSR count). The van der Waals surface area contributed by atoms with E-state index in [4.69, 9.17) is 4.74 Å². The number of piperidine rings is 1. The fraction of sp³-hybridized carbons (Fsp3) is 0.786. The van der Waals surface area contributed by atoms with Crippen LogP contribution in [0.5, 0.6) is 0 Å². The van der Waals surface area contributed by atoms with Crippen molar-refractivity contribution in [3.8, 4) is 0 Å². The Morgan fingerprint density at radius 3 is 2.83 bits per heavy atom. The van der Waals surface area contributed by atoms with Crippen molar-refractivity contribution in [3.05, 3.63) is 18.2 Å². The molecule has 0 amide bonds. The SMILES string of the molecule is CC(C)OCCn1cncc1C1(C)CCNCC1. The Morgan fingerprint density at radius 1 is 1.44 bits per heavy atom. The molecule has 0 aliphatic carbocycles. The quantitative estimate of drug-likeness (QED) is 0.869. The third-order valence-corrected chi connectivity index (χ3v) is 3.82. The van der Waals surface area contributed by atoms with E-state index < -0.39 is 0 Å². The summed E-state index contributed by atoms with van der Waals surface area (Å²) < 4.78 is 7.89. The molecule has 0 spiro atoms. The van der Waals surface area contributed by atoms with Crippen molar-refractivity contribution in [2.45, 2.75) is 51.7 Å². The van der Waals surface area contributed by atoms with Gasteiger partial charge >= 0.3 is 0 Å². The summed E-state index contributed by atoms with van der Waals surface area (Å²) in [6.45, 7) is 10.4. The van der Waals surface area contributed by atoms with Crippen LogP contribution in [-0.4, -0.2) is 35.4 Å². The number of hydrogen-bond donors (Lipinski definition) is 1. The van der Waals surface area contributed by atoms with Gasteiger partial charge in [-0.1, -0.05) is 6.92 Å². The fourth-order valence-corrected chi connectivity index (χ4v) is 2.62. The average Bonchev–Trinajstić information content (AvgIpc) is 2.78. The van der Waals surface area contributed by atoms with Gasteiger partial charge in [0.1, 0.15) is 0 Å². The minimum atomic E-state index is 0.263. The zero-order valence-corrected chi connectivity index (χ0v) is 11.8. The molecular weight excluding hydrogens is 226 g/mol. The number of hydrogen-bond acceptors (Lipinski definition) is 3. The van der Waals surface area contributed by atoms with E-state index in [-0.39, 0.29) is 5.41 Å². The van der Waals surface area contributed by atoms with E-state index in [0.717, 1.165) is 26.2 Å². The number of imidazole rings is 1. The molecule has 0 saturated carbocycles. The largest absolute Gasteiger partial charge is 0.377 e. The third kappa shape index (κ3) is 3.12. The summed E-state index contributed by atoms with van der Waals surface area (Å²) in [7, 11) is 0. The Labute approximate surface area is 110 Å². The van der Waals surface area contributed by atoms with Crippen molar-refractivity contribution < 1.29 is 4.74 Å². The van der Waals surface area contributed by atoms with Crippen LogP contribution < -0.4 is 5.32 Å². The first-order valence-corrected chi connectivity index (χ1v) is 6.95. The standard InChI is InChI=1S/C14H25N3O/c1-12(2)18-9-8-17-11-16-10-13(17)14(3)4-6-15-7-5-14/h10-12,15H,4-9H2,1-3H3. The van der Waals surface area contributed by atoms with Crippen molar-refractivity contribution >= 4 is 0 Å². The van der Waals surface area contributed by atoms with Crippen molar-refractivity contribution in [1.29, 1.82) is 0 Å². The predicted octanol–water partition coefficient (Wildman–Crippen LogP) is 1.95. The van der Waals surface area contributed by atoms with Gasteiger partial charge < -0.3 is 14.6 Å². The molecule has 0 atom stereocenters. The van der Waals surface area contributed by atoms with Crippen LogP contribution in [0.2, 0.25) is 0 Å². The molecule has 1 aromatic heterocycles. The van der Waals surface area contributed by atoms with Crippen LogP contribution in [0.3, 0.4) is 0 Å². The van der Waals surface area contributed by atoms with Gasteiger partial charge in [0, 0.05) is 23.9 Å². The molecule has 1 fully saturated rings. The van der Waals surface area contributed by atoms with Gasteiger partial charge in [0.2, 0.25) is 0 Å². The maximum atomic E-state index is 5.63. The average molecular weight is 251 g/mol. The van der Waals surface area contributed by atoms with Crippen LogP contribution >= 0.6 is 0 Å². The lowest BCUT2D eigenvalue weighted by molar-refractivity contribution is 0.0717. The second-order valence-electron chi connectivity index (χ2n) is 5.70. The summed E-state index contributed by atoms with van der Waals surface area (Å²) in [6, 6.07) is 0. The van der Waals surface area contributed by atoms with E-state index in [1.165, 1.54) is 18.5 Å². The van der Waals surface area contributed by atoms with Crippen LogP contribution in [0.1, 0.15) is 39.3 Å². The van der Waals surface area contributed by atoms with Crippen molar-refractivity contribution in [2.24, 2.45) is 0 Å². The maximum absolute atomic E-state index is 5.63. The van der Waals surface area contributed by atoms with Gasteiger partial charge in [-0.3, -0.25) is 0 Å². The molecule has 0 bridgehead atoms. The van der Waals surface area contributed by atoms with Gasteiger partial charge in [-0.2, -0.15) is 0 Å². The third-order valence-electron chi connectivity index (χ3n) is 3.82. The lowest BCUT2D eigenvalue weighted by Crippen LogP contribution is -2.39. The highest BCUT2D eigenvalue weighted by Crippen LogP contribution is 2.32. The van der Waals surface area contributed by atoms with Crippen molar-refractivity contribution in [1.82, 2.24) is 14.9 Å². The Balaban J connectivity index is 2.02. The first kappa shape index (κ1) is 13.6. The zero-order chi connectivity index (χ0) is 13.0. The van der Waals surface area contributed by atoms with E-state index in [9.17, 15) is 0 Å². The molecule has 1 aliphatic heterocycles. The van der Waals surface area contributed by atoms with E-state index >= 15 is 0 Å². The number of nitrogens with zero attached hydrogens (tertiary/aromatic N) is 2. The first-order valence-electron chi connectivity index (χ1n) is 6.95. The summed E-state index contributed by atoms with van der Waals surface area (Å²) in [5.74, 6) is 0. The summed E-state index contributed by atoms with van der Waals surface area (Å²) in [4.78, 5) is 4.33. The van der Waals surface area contributed by atoms with E-state index in [1.807, 2.05) is 12.5 Å². The van der Waals surface area contributed by atoms with Crippen LogP contribution in [0.25, 0.3) is 0 Å². The van der Waals surface area contributed by atoms with Gasteiger partial charge in [0.05, 0.1) is 19.0 Å². The van der Waals surface area contributed by atoms with E-state index in [0.29, 0.717) is 6.10 Å². The number of aromatic nitrogens is 2. The molecule has 0 aromatic carbocycles. The molecule has 0 radical (unpaired) electrons. The Bertz CT molecular complexity index is 367. The number of ether oxygens (including phenoxy) is 1. The number of rotatable bonds is 5. The van der Waals surface area contributed by atoms with Gasteiger partial charge in [-0.15, -0.1) is 0 Å². The normalized spacial score (nSPS) is 19.3. The second-order valence-corrected chi connectivity index (χ2v) is 5.70. The van der Waals surface area contributed by atoms with Crippen LogP contribution in [0.4, 0.5) is 0 Å². The van der Waals surface area contributed by atoms with Gasteiger partial charge in [-0.25, -0.2) is 4.98 Å². The monoisotopic (exact) mass is 251 g/mol. The van der Waals surface area contributed by atoms with Crippen LogP contribution in [-0.2, 0) is 16.7 Å². The molecule has 102 valence electrons. The Hall–Kier alpha value is -0.870. The molecule has 1 aliphatic rings. The molecule has 1 saturated heterocycles. The summed E-state index contributed by atoms with van der Waals surface area (Å²) >= 11 is 0. The first-order chi connectivity index (χ1) is 8.62. The van der Waals surface area contributed by atoms with Gasteiger partial charge in [0.15, 0.2) is 0 Å². The summed E-state index contributed by atoms with van der Waals surface area (Å²) in [6.07, 6.45) is 6.63. The highest BCUT2D eigenvalue weighted by atomic mass is 16.5. The Morgan fingerprint density at radius 2 is 2.17 bits per heavy atom. The summed E-state index contributed by atoms with van der Waals surface area (Å²) in [5.41, 5.74) is 1.62. The molecule has 4 heteroatoms. The van der Waals surface area contributed by atoms with Gasteiger partial charge in [0.25, 0.3) is 0 Å². The maximum Gasteiger partial charge on any atom is 0.0949 e. The van der Waals surface area contributed by atoms with E-state index in [1.54, 1.807) is 0 Å². The lowest BCUT2D eigenvalue weighted by Gasteiger charge is -2.34. The second kappa shape index (κ2) is 5.85. The fourth-order valence-electron chi connectivity index (χ4n) is 2.62. The molecular formula is C14H25N3O. The minimum Gasteiger partial charge on any atom is -0.377 e. The zero-order valence-electron chi connectivity index (χ0n) is 11.8. The van der Waals surface area contributed by atoms with Crippen LogP contribution in [0.15, 0.2) is 12.5 Å². The van der Waals surface area contributed by atoms with E-state index in [2.05, 4.69) is 35.6 Å². The van der Waals surface area contributed by atoms with Crippen molar-refractivity contribution in [3.63, 3.8) is 0 Å². The predicted molar refractivity (Wildman–Crippen MR) is 72.8 cm³/mol. The molecule has 2 heterocycles. The Kier molecular flexibility index (Phi) is 4.40.